The Bertz CT molecular complexity index is 439. The van der Waals surface area contributed by atoms with Crippen LogP contribution < -0.4 is 5.32 Å². The predicted molar refractivity (Wildman–Crippen MR) is 86.4 cm³/mol. The van der Waals surface area contributed by atoms with Gasteiger partial charge in [-0.1, -0.05) is 42.6 Å². The average molecular weight is 342 g/mol. The summed E-state index contributed by atoms with van der Waals surface area (Å²) in [5.74, 6) is 0.542. The van der Waals surface area contributed by atoms with Gasteiger partial charge in [0.25, 0.3) is 0 Å². The van der Waals surface area contributed by atoms with Crippen molar-refractivity contribution in [3.63, 3.8) is 0 Å². The molecule has 0 radical (unpaired) electrons. The Labute approximate surface area is 130 Å². The van der Waals surface area contributed by atoms with Gasteiger partial charge in [0.1, 0.15) is 5.82 Å². The van der Waals surface area contributed by atoms with E-state index in [1.165, 1.54) is 31.7 Å². The van der Waals surface area contributed by atoms with Gasteiger partial charge in [-0.2, -0.15) is 0 Å². The van der Waals surface area contributed by atoms with E-state index in [0.717, 1.165) is 29.5 Å². The highest BCUT2D eigenvalue weighted by Crippen LogP contribution is 2.41. The molecule has 1 aromatic carbocycles. The largest absolute Gasteiger partial charge is 0.316 e. The van der Waals surface area contributed by atoms with Crippen molar-refractivity contribution in [2.24, 2.45) is 11.3 Å². The molecular formula is C17H25BrFN. The first-order valence-corrected chi connectivity index (χ1v) is 8.45. The fourth-order valence-corrected chi connectivity index (χ4v) is 3.64. The number of nitrogens with one attached hydrogen (secondary N) is 1. The highest BCUT2D eigenvalue weighted by Gasteiger charge is 2.34. The second kappa shape index (κ2) is 7.04. The molecule has 0 heterocycles. The minimum atomic E-state index is -0.133. The molecule has 0 saturated heterocycles. The van der Waals surface area contributed by atoms with Crippen molar-refractivity contribution in [3.05, 3.63) is 34.1 Å². The van der Waals surface area contributed by atoms with E-state index in [1.54, 1.807) is 6.07 Å². The summed E-state index contributed by atoms with van der Waals surface area (Å²) in [6.45, 7) is 6.58. The lowest BCUT2D eigenvalue weighted by molar-refractivity contribution is 0.272. The summed E-state index contributed by atoms with van der Waals surface area (Å²) in [5, 5.41) is 3.61. The molecule has 1 aliphatic carbocycles. The van der Waals surface area contributed by atoms with Crippen LogP contribution in [0.15, 0.2) is 22.7 Å². The minimum absolute atomic E-state index is 0.133. The van der Waals surface area contributed by atoms with Gasteiger partial charge in [0.05, 0.1) is 0 Å². The molecule has 0 bridgehead atoms. The average Bonchev–Trinajstić information content (AvgIpc) is 2.82. The first-order chi connectivity index (χ1) is 9.51. The third kappa shape index (κ3) is 4.29. The highest BCUT2D eigenvalue weighted by atomic mass is 79.9. The van der Waals surface area contributed by atoms with Crippen molar-refractivity contribution in [2.75, 3.05) is 13.1 Å². The van der Waals surface area contributed by atoms with Crippen LogP contribution in [0.3, 0.4) is 0 Å². The number of hydrogen-bond donors (Lipinski definition) is 1. The van der Waals surface area contributed by atoms with Crippen molar-refractivity contribution >= 4 is 15.9 Å². The Kier molecular flexibility index (Phi) is 5.62. The molecule has 1 aliphatic rings. The smallest absolute Gasteiger partial charge is 0.123 e. The maximum atomic E-state index is 13.5. The zero-order valence-electron chi connectivity index (χ0n) is 12.5. The van der Waals surface area contributed by atoms with Crippen LogP contribution in [0.2, 0.25) is 0 Å². The van der Waals surface area contributed by atoms with Crippen LogP contribution in [-0.4, -0.2) is 13.1 Å². The van der Waals surface area contributed by atoms with Gasteiger partial charge in [-0.25, -0.2) is 4.39 Å². The van der Waals surface area contributed by atoms with E-state index in [2.05, 4.69) is 35.1 Å². The van der Waals surface area contributed by atoms with Crippen LogP contribution in [-0.2, 0) is 6.42 Å². The van der Waals surface area contributed by atoms with Crippen molar-refractivity contribution < 1.29 is 4.39 Å². The molecule has 1 saturated carbocycles. The van der Waals surface area contributed by atoms with E-state index in [1.807, 2.05) is 6.07 Å². The van der Waals surface area contributed by atoms with Gasteiger partial charge >= 0.3 is 0 Å². The molecule has 0 unspecified atom stereocenters. The molecule has 0 atom stereocenters. The Morgan fingerprint density at radius 3 is 2.65 bits per heavy atom. The van der Waals surface area contributed by atoms with E-state index in [4.69, 9.17) is 0 Å². The Balaban J connectivity index is 2.06. The van der Waals surface area contributed by atoms with Crippen molar-refractivity contribution in [3.8, 4) is 0 Å². The lowest BCUT2D eigenvalue weighted by atomic mass is 9.80. The topological polar surface area (TPSA) is 12.0 Å². The van der Waals surface area contributed by atoms with Crippen molar-refractivity contribution in [1.82, 2.24) is 5.32 Å². The van der Waals surface area contributed by atoms with Crippen molar-refractivity contribution in [2.45, 2.75) is 46.0 Å². The Morgan fingerprint density at radius 2 is 2.00 bits per heavy atom. The highest BCUT2D eigenvalue weighted by molar-refractivity contribution is 9.10. The first kappa shape index (κ1) is 16.0. The van der Waals surface area contributed by atoms with E-state index < -0.39 is 0 Å². The lowest BCUT2D eigenvalue weighted by Crippen LogP contribution is -2.35. The third-order valence-electron chi connectivity index (χ3n) is 4.29. The maximum absolute atomic E-state index is 13.5. The zero-order chi connectivity index (χ0) is 14.6. The second-order valence-corrected chi connectivity index (χ2v) is 7.50. The molecular weight excluding hydrogens is 317 g/mol. The molecule has 20 heavy (non-hydrogen) atoms. The van der Waals surface area contributed by atoms with Gasteiger partial charge in [-0.3, -0.25) is 0 Å². The molecule has 0 amide bonds. The molecule has 1 fully saturated rings. The summed E-state index contributed by atoms with van der Waals surface area (Å²) >= 11 is 3.57. The summed E-state index contributed by atoms with van der Waals surface area (Å²) in [6, 6.07) is 5.04. The summed E-state index contributed by atoms with van der Waals surface area (Å²) < 4.78 is 14.5. The second-order valence-electron chi connectivity index (χ2n) is 6.64. The van der Waals surface area contributed by atoms with Gasteiger partial charge in [-0.05, 0) is 60.9 Å². The van der Waals surface area contributed by atoms with Gasteiger partial charge in [-0.15, -0.1) is 0 Å². The van der Waals surface area contributed by atoms with Crippen LogP contribution in [0.5, 0.6) is 0 Å². The fraction of sp³-hybridized carbons (Fsp3) is 0.647. The quantitative estimate of drug-likeness (QED) is 0.772. The number of hydrogen-bond acceptors (Lipinski definition) is 1. The molecule has 3 heteroatoms. The van der Waals surface area contributed by atoms with Gasteiger partial charge in [0, 0.05) is 11.0 Å². The molecule has 0 spiro atoms. The van der Waals surface area contributed by atoms with E-state index in [9.17, 15) is 4.39 Å². The molecule has 0 aliphatic heterocycles. The molecule has 1 nitrogen and oxygen atoms in total. The number of benzene rings is 1. The van der Waals surface area contributed by atoms with Crippen LogP contribution in [0, 0.1) is 17.2 Å². The first-order valence-electron chi connectivity index (χ1n) is 7.65. The van der Waals surface area contributed by atoms with Crippen LogP contribution in [0.25, 0.3) is 0 Å². The lowest BCUT2D eigenvalue weighted by Gasteiger charge is -2.30. The van der Waals surface area contributed by atoms with Crippen molar-refractivity contribution in [1.29, 1.82) is 0 Å². The fourth-order valence-electron chi connectivity index (χ4n) is 3.25. The SMILES string of the molecule is CC(C)CNCC1(Cc2cc(F)ccc2Br)CCCC1. The molecule has 112 valence electrons. The standard InChI is InChI=1S/C17H25BrFN/c1-13(2)11-20-12-17(7-3-4-8-17)10-14-9-15(19)5-6-16(14)18/h5-6,9,13,20H,3-4,7-8,10-12H2,1-2H3. The summed E-state index contributed by atoms with van der Waals surface area (Å²) in [5.41, 5.74) is 1.42. The number of rotatable bonds is 6. The van der Waals surface area contributed by atoms with Crippen LogP contribution in [0.1, 0.15) is 45.1 Å². The normalized spacial score (nSPS) is 17.9. The summed E-state index contributed by atoms with van der Waals surface area (Å²) in [7, 11) is 0. The van der Waals surface area contributed by atoms with Crippen LogP contribution in [0.4, 0.5) is 4.39 Å². The summed E-state index contributed by atoms with van der Waals surface area (Å²) in [4.78, 5) is 0. The maximum Gasteiger partial charge on any atom is 0.123 e. The molecule has 0 aromatic heterocycles. The van der Waals surface area contributed by atoms with Gasteiger partial charge < -0.3 is 5.32 Å². The summed E-state index contributed by atoms with van der Waals surface area (Å²) in [6.07, 6.45) is 6.07. The van der Waals surface area contributed by atoms with Gasteiger partial charge in [0.2, 0.25) is 0 Å². The van der Waals surface area contributed by atoms with E-state index in [-0.39, 0.29) is 5.82 Å². The Morgan fingerprint density at radius 1 is 1.30 bits per heavy atom. The molecule has 1 N–H and O–H groups in total. The molecule has 2 rings (SSSR count). The Hall–Kier alpha value is -0.410. The van der Waals surface area contributed by atoms with E-state index >= 15 is 0 Å². The zero-order valence-corrected chi connectivity index (χ0v) is 14.1. The monoisotopic (exact) mass is 341 g/mol. The van der Waals surface area contributed by atoms with Crippen LogP contribution >= 0.6 is 15.9 Å². The molecule has 1 aromatic rings. The van der Waals surface area contributed by atoms with E-state index in [0.29, 0.717) is 11.3 Å². The third-order valence-corrected chi connectivity index (χ3v) is 5.06. The number of halogens is 2. The van der Waals surface area contributed by atoms with Gasteiger partial charge in [0.15, 0.2) is 0 Å². The predicted octanol–water partition coefficient (Wildman–Crippen LogP) is 4.94. The minimum Gasteiger partial charge on any atom is -0.316 e.